The summed E-state index contributed by atoms with van der Waals surface area (Å²) in [5.74, 6) is 1.63. The van der Waals surface area contributed by atoms with Gasteiger partial charge in [-0.2, -0.15) is 0 Å². The maximum Gasteiger partial charge on any atom is 0.341 e. The maximum absolute atomic E-state index is 12.1. The van der Waals surface area contributed by atoms with E-state index in [1.165, 1.54) is 23.8 Å². The second-order valence-electron chi connectivity index (χ2n) is 8.04. The van der Waals surface area contributed by atoms with Crippen LogP contribution in [-0.2, 0) is 4.74 Å². The number of methoxy groups -OCH3 is 1. The first-order valence-electron chi connectivity index (χ1n) is 11.3. The van der Waals surface area contributed by atoms with E-state index in [0.717, 1.165) is 6.42 Å². The molecule has 0 aliphatic rings. The van der Waals surface area contributed by atoms with Crippen LogP contribution in [-0.4, -0.2) is 19.0 Å². The predicted octanol–water partition coefficient (Wildman–Crippen LogP) is 7.81. The Morgan fingerprint density at radius 3 is 1.91 bits per heavy atom. The Bertz CT molecular complexity index is 1190. The highest BCUT2D eigenvalue weighted by Gasteiger charge is 2.26. The lowest BCUT2D eigenvalue weighted by atomic mass is 9.76. The first-order valence-corrected chi connectivity index (χ1v) is 11.9. The third-order valence-electron chi connectivity index (χ3n) is 5.97. The zero-order valence-electron chi connectivity index (χ0n) is 19.1. The van der Waals surface area contributed by atoms with Crippen molar-refractivity contribution in [1.82, 2.24) is 0 Å². The Labute approximate surface area is 205 Å². The average molecular weight is 471 g/mol. The van der Waals surface area contributed by atoms with Gasteiger partial charge in [-0.3, -0.25) is 0 Å². The fourth-order valence-electron chi connectivity index (χ4n) is 4.37. The number of ether oxygens (including phenoxy) is 2. The number of hydrogen-bond donors (Lipinski definition) is 0. The molecule has 0 saturated heterocycles. The lowest BCUT2D eigenvalue weighted by Crippen LogP contribution is -2.14. The Morgan fingerprint density at radius 2 is 1.29 bits per heavy atom. The van der Waals surface area contributed by atoms with Gasteiger partial charge >= 0.3 is 5.97 Å². The van der Waals surface area contributed by atoms with E-state index in [-0.39, 0.29) is 11.8 Å². The molecule has 0 spiro atoms. The van der Waals surface area contributed by atoms with Crippen LogP contribution in [0.1, 0.15) is 45.3 Å². The molecule has 2 atom stereocenters. The van der Waals surface area contributed by atoms with Gasteiger partial charge in [0.2, 0.25) is 0 Å². The number of alkyl halides is 1. The first-order chi connectivity index (χ1) is 16.7. The largest absolute Gasteiger partial charge is 0.465 e. The minimum atomic E-state index is -0.428. The summed E-state index contributed by atoms with van der Waals surface area (Å²) in [4.78, 5) is 12.1. The van der Waals surface area contributed by atoms with Crippen LogP contribution < -0.4 is 4.74 Å². The second kappa shape index (κ2) is 11.5. The maximum atomic E-state index is 12.1. The molecular formula is C30H27ClO3. The van der Waals surface area contributed by atoms with Gasteiger partial charge in [0.1, 0.15) is 17.1 Å². The fourth-order valence-corrected chi connectivity index (χ4v) is 4.60. The van der Waals surface area contributed by atoms with Crippen molar-refractivity contribution >= 4 is 17.6 Å². The number of esters is 1. The van der Waals surface area contributed by atoms with Crippen molar-refractivity contribution in [3.63, 3.8) is 0 Å². The van der Waals surface area contributed by atoms with E-state index in [2.05, 4.69) is 60.7 Å². The van der Waals surface area contributed by atoms with Gasteiger partial charge in [0, 0.05) is 11.8 Å². The molecule has 3 nitrogen and oxygen atoms in total. The van der Waals surface area contributed by atoms with E-state index in [1.807, 2.05) is 30.3 Å². The van der Waals surface area contributed by atoms with Gasteiger partial charge < -0.3 is 9.47 Å². The van der Waals surface area contributed by atoms with Crippen LogP contribution in [0.15, 0.2) is 109 Å². The van der Waals surface area contributed by atoms with E-state index < -0.39 is 5.97 Å². The number of hydrogen-bond acceptors (Lipinski definition) is 3. The summed E-state index contributed by atoms with van der Waals surface area (Å²) in [6.07, 6.45) is 0.857. The van der Waals surface area contributed by atoms with Crippen LogP contribution >= 0.6 is 11.6 Å². The van der Waals surface area contributed by atoms with Gasteiger partial charge in [-0.15, -0.1) is 11.6 Å². The smallest absolute Gasteiger partial charge is 0.341 e. The molecule has 0 aromatic heterocycles. The number of carbonyl (C=O) groups is 1. The van der Waals surface area contributed by atoms with E-state index >= 15 is 0 Å². The van der Waals surface area contributed by atoms with Crippen molar-refractivity contribution in [3.05, 3.63) is 131 Å². The molecule has 0 saturated carbocycles. The molecular weight excluding hydrogens is 444 g/mol. The first kappa shape index (κ1) is 23.6. The summed E-state index contributed by atoms with van der Waals surface area (Å²) in [6, 6.07) is 36.2. The normalized spacial score (nSPS) is 12.5. The number of carbonyl (C=O) groups excluding carboxylic acids is 1. The molecule has 0 N–H and O–H groups in total. The third-order valence-corrected chi connectivity index (χ3v) is 6.19. The molecule has 0 amide bonds. The Morgan fingerprint density at radius 1 is 0.735 bits per heavy atom. The molecule has 4 aromatic rings. The van der Waals surface area contributed by atoms with Gasteiger partial charge in [-0.25, -0.2) is 4.79 Å². The Balaban J connectivity index is 1.68. The lowest BCUT2D eigenvalue weighted by molar-refractivity contribution is 0.0598. The number of rotatable bonds is 9. The fraction of sp³-hybridized carbons (Fsp3) is 0.167. The molecule has 0 aliphatic heterocycles. The van der Waals surface area contributed by atoms with Gasteiger partial charge in [0.15, 0.2) is 0 Å². The molecule has 4 heteroatoms. The highest BCUT2D eigenvalue weighted by Crippen LogP contribution is 2.41. The van der Waals surface area contributed by atoms with E-state index in [1.54, 1.807) is 18.2 Å². The minimum Gasteiger partial charge on any atom is -0.465 e. The Kier molecular flexibility index (Phi) is 8.00. The summed E-state index contributed by atoms with van der Waals surface area (Å²) in [5.41, 5.74) is 4.08. The number of benzene rings is 4. The molecule has 172 valence electrons. The zero-order chi connectivity index (χ0) is 23.8. The van der Waals surface area contributed by atoms with E-state index in [0.29, 0.717) is 22.9 Å². The molecule has 0 radical (unpaired) electrons. The molecule has 0 bridgehead atoms. The molecule has 0 aliphatic carbocycles. The number of halogens is 1. The Hall–Kier alpha value is -3.56. The van der Waals surface area contributed by atoms with Crippen LogP contribution in [0.4, 0.5) is 0 Å². The van der Waals surface area contributed by atoms with Gasteiger partial charge in [0.05, 0.1) is 7.11 Å². The van der Waals surface area contributed by atoms with Crippen molar-refractivity contribution in [2.75, 3.05) is 13.0 Å². The number of para-hydroxylation sites is 1. The standard InChI is InChI=1S/C30H27ClO3/c1-33-30(32)27-14-8-9-15-28(27)34-25-18-16-24(17-19-25)29(23-12-6-3-7-13-23)26(20-21-31)22-10-4-2-5-11-22/h2-19,26,29H,20-21H2,1H3. The topological polar surface area (TPSA) is 35.5 Å². The zero-order valence-corrected chi connectivity index (χ0v) is 19.8. The van der Waals surface area contributed by atoms with Crippen molar-refractivity contribution in [2.45, 2.75) is 18.3 Å². The summed E-state index contributed by atoms with van der Waals surface area (Å²) < 4.78 is 10.9. The van der Waals surface area contributed by atoms with Crippen LogP contribution in [0, 0.1) is 0 Å². The molecule has 4 aromatic carbocycles. The van der Waals surface area contributed by atoms with E-state index in [4.69, 9.17) is 21.1 Å². The summed E-state index contributed by atoms with van der Waals surface area (Å²) >= 11 is 6.28. The van der Waals surface area contributed by atoms with Crippen LogP contribution in [0.3, 0.4) is 0 Å². The highest BCUT2D eigenvalue weighted by atomic mass is 35.5. The summed E-state index contributed by atoms with van der Waals surface area (Å²) in [5, 5.41) is 0. The van der Waals surface area contributed by atoms with Crippen LogP contribution in [0.2, 0.25) is 0 Å². The molecule has 0 fully saturated rings. The van der Waals surface area contributed by atoms with E-state index in [9.17, 15) is 4.79 Å². The molecule has 4 rings (SSSR count). The third kappa shape index (κ3) is 5.49. The van der Waals surface area contributed by atoms with Crippen LogP contribution in [0.25, 0.3) is 0 Å². The summed E-state index contributed by atoms with van der Waals surface area (Å²) in [7, 11) is 1.36. The van der Waals surface area contributed by atoms with Crippen molar-refractivity contribution in [1.29, 1.82) is 0 Å². The predicted molar refractivity (Wildman–Crippen MR) is 137 cm³/mol. The second-order valence-corrected chi connectivity index (χ2v) is 8.42. The quantitative estimate of drug-likeness (QED) is 0.185. The van der Waals surface area contributed by atoms with Gasteiger partial charge in [-0.05, 0) is 53.3 Å². The monoisotopic (exact) mass is 470 g/mol. The minimum absolute atomic E-state index is 0.138. The average Bonchev–Trinajstić information content (AvgIpc) is 2.90. The van der Waals surface area contributed by atoms with Crippen LogP contribution in [0.5, 0.6) is 11.5 Å². The van der Waals surface area contributed by atoms with Gasteiger partial charge in [0.25, 0.3) is 0 Å². The van der Waals surface area contributed by atoms with Crippen molar-refractivity contribution in [3.8, 4) is 11.5 Å². The summed E-state index contributed by atoms with van der Waals surface area (Å²) in [6.45, 7) is 0. The van der Waals surface area contributed by atoms with Crippen molar-refractivity contribution < 1.29 is 14.3 Å². The van der Waals surface area contributed by atoms with Crippen molar-refractivity contribution in [2.24, 2.45) is 0 Å². The van der Waals surface area contributed by atoms with Gasteiger partial charge in [-0.1, -0.05) is 84.9 Å². The SMILES string of the molecule is COC(=O)c1ccccc1Oc1ccc(C(c2ccccc2)C(CCCl)c2ccccc2)cc1. The molecule has 34 heavy (non-hydrogen) atoms. The molecule has 0 heterocycles. The highest BCUT2D eigenvalue weighted by molar-refractivity contribution is 6.17. The molecule has 2 unspecified atom stereocenters. The lowest BCUT2D eigenvalue weighted by Gasteiger charge is -2.28.